The lowest BCUT2D eigenvalue weighted by atomic mass is 10.2. The molecule has 3 aromatic rings. The van der Waals surface area contributed by atoms with E-state index in [1.165, 1.54) is 48.7 Å². The van der Waals surface area contributed by atoms with E-state index in [0.29, 0.717) is 16.3 Å². The Hall–Kier alpha value is -4.57. The van der Waals surface area contributed by atoms with E-state index in [2.05, 4.69) is 15.8 Å². The summed E-state index contributed by atoms with van der Waals surface area (Å²) in [4.78, 5) is 46.7. The zero-order valence-corrected chi connectivity index (χ0v) is 18.4. The van der Waals surface area contributed by atoms with Gasteiger partial charge >= 0.3 is 17.8 Å². The van der Waals surface area contributed by atoms with E-state index in [9.17, 15) is 24.5 Å². The molecule has 34 heavy (non-hydrogen) atoms. The predicted octanol–water partition coefficient (Wildman–Crippen LogP) is 3.86. The van der Waals surface area contributed by atoms with Crippen LogP contribution < -0.4 is 15.5 Å². The molecule has 3 rings (SSSR count). The highest BCUT2D eigenvalue weighted by Crippen LogP contribution is 2.21. The van der Waals surface area contributed by atoms with Crippen molar-refractivity contribution >= 4 is 47.0 Å². The second kappa shape index (κ2) is 10.8. The number of esters is 1. The summed E-state index contributed by atoms with van der Waals surface area (Å²) in [7, 11) is 0. The molecule has 3 aromatic carbocycles. The van der Waals surface area contributed by atoms with E-state index in [4.69, 9.17) is 16.3 Å². The molecule has 0 saturated heterocycles. The Morgan fingerprint density at radius 2 is 1.79 bits per heavy atom. The second-order valence-corrected chi connectivity index (χ2v) is 7.26. The fourth-order valence-electron chi connectivity index (χ4n) is 2.70. The first-order chi connectivity index (χ1) is 16.2. The molecule has 10 nitrogen and oxygen atoms in total. The van der Waals surface area contributed by atoms with Crippen LogP contribution >= 0.6 is 11.6 Å². The molecule has 2 N–H and O–H groups in total. The summed E-state index contributed by atoms with van der Waals surface area (Å²) in [5.74, 6) is -2.74. The van der Waals surface area contributed by atoms with Crippen LogP contribution in [0.4, 0.5) is 11.4 Å². The molecule has 11 heteroatoms. The topological polar surface area (TPSA) is 140 Å². The van der Waals surface area contributed by atoms with Crippen molar-refractivity contribution in [3.8, 4) is 5.75 Å². The van der Waals surface area contributed by atoms with Gasteiger partial charge in [0.1, 0.15) is 11.3 Å². The van der Waals surface area contributed by atoms with Crippen molar-refractivity contribution in [2.24, 2.45) is 5.10 Å². The van der Waals surface area contributed by atoms with Crippen LogP contribution in [0.15, 0.2) is 71.8 Å². The summed E-state index contributed by atoms with van der Waals surface area (Å²) in [6.45, 7) is 1.80. The van der Waals surface area contributed by atoms with Gasteiger partial charge in [0.05, 0.1) is 11.1 Å². The maximum Gasteiger partial charge on any atom is 0.350 e. The van der Waals surface area contributed by atoms with Gasteiger partial charge in [0.2, 0.25) is 0 Å². The first-order valence-electron chi connectivity index (χ1n) is 9.71. The van der Waals surface area contributed by atoms with Gasteiger partial charge in [-0.3, -0.25) is 19.7 Å². The van der Waals surface area contributed by atoms with Crippen molar-refractivity contribution in [1.82, 2.24) is 5.43 Å². The fourth-order valence-corrected chi connectivity index (χ4v) is 2.88. The van der Waals surface area contributed by atoms with Crippen LogP contribution in [-0.4, -0.2) is 28.9 Å². The Labute approximate surface area is 198 Å². The van der Waals surface area contributed by atoms with Gasteiger partial charge in [-0.15, -0.1) is 0 Å². The molecule has 0 heterocycles. The number of hydrogen-bond acceptors (Lipinski definition) is 7. The number of anilines is 1. The number of aryl methyl sites for hydroxylation is 1. The minimum Gasteiger partial charge on any atom is -0.423 e. The Morgan fingerprint density at radius 3 is 2.53 bits per heavy atom. The maximum atomic E-state index is 12.3. The lowest BCUT2D eigenvalue weighted by Gasteiger charge is -2.06. The summed E-state index contributed by atoms with van der Waals surface area (Å²) in [5.41, 5.74) is 3.12. The number of rotatable bonds is 6. The van der Waals surface area contributed by atoms with Crippen LogP contribution in [-0.2, 0) is 9.59 Å². The molecule has 0 atom stereocenters. The van der Waals surface area contributed by atoms with Crippen molar-refractivity contribution in [2.75, 3.05) is 5.32 Å². The third-order valence-electron chi connectivity index (χ3n) is 4.40. The van der Waals surface area contributed by atoms with Gasteiger partial charge in [-0.1, -0.05) is 41.9 Å². The Bertz CT molecular complexity index is 1310. The van der Waals surface area contributed by atoms with Gasteiger partial charge in [-0.2, -0.15) is 5.10 Å². The summed E-state index contributed by atoms with van der Waals surface area (Å²) in [6.07, 6.45) is 1.23. The van der Waals surface area contributed by atoms with Crippen LogP contribution in [0.3, 0.4) is 0 Å². The third kappa shape index (κ3) is 6.24. The van der Waals surface area contributed by atoms with Crippen molar-refractivity contribution in [1.29, 1.82) is 0 Å². The number of ether oxygens (including phenoxy) is 1. The van der Waals surface area contributed by atoms with Gasteiger partial charge in [0.25, 0.3) is 5.69 Å². The van der Waals surface area contributed by atoms with Crippen LogP contribution in [0.5, 0.6) is 5.75 Å². The number of carbonyl (C=O) groups excluding carboxylic acids is 3. The molecule has 0 aliphatic rings. The van der Waals surface area contributed by atoms with Crippen LogP contribution in [0.25, 0.3) is 0 Å². The number of amides is 2. The molecule has 0 aromatic heterocycles. The SMILES string of the molecule is Cc1ccc(NC(=O)C(=O)N/N=C/c2cccc(OC(=O)c3ccccc3[N+](=O)[O-])c2)cc1Cl. The molecule has 0 spiro atoms. The van der Waals surface area contributed by atoms with Crippen LogP contribution in [0, 0.1) is 17.0 Å². The highest BCUT2D eigenvalue weighted by Gasteiger charge is 2.21. The van der Waals surface area contributed by atoms with Crippen molar-refractivity contribution in [3.63, 3.8) is 0 Å². The number of para-hydroxylation sites is 1. The lowest BCUT2D eigenvalue weighted by Crippen LogP contribution is -2.32. The molecular weight excluding hydrogens is 464 g/mol. The molecule has 0 saturated carbocycles. The van der Waals surface area contributed by atoms with Gasteiger partial charge in [0.15, 0.2) is 0 Å². The molecule has 0 aliphatic carbocycles. The summed E-state index contributed by atoms with van der Waals surface area (Å²) >= 11 is 5.99. The molecule has 2 amide bonds. The third-order valence-corrected chi connectivity index (χ3v) is 4.81. The minimum atomic E-state index is -1.01. The van der Waals surface area contributed by atoms with Crippen LogP contribution in [0.2, 0.25) is 5.02 Å². The summed E-state index contributed by atoms with van der Waals surface area (Å²) < 4.78 is 5.21. The quantitative estimate of drug-likeness (QED) is 0.137. The molecule has 0 aliphatic heterocycles. The first kappa shape index (κ1) is 24.1. The molecule has 0 radical (unpaired) electrons. The standard InChI is InChI=1S/C23H17ClN4O6/c1-14-9-10-16(12-19(14)24)26-21(29)22(30)27-25-13-15-5-4-6-17(11-15)34-23(31)18-7-2-3-8-20(18)28(32)33/h2-13H,1H3,(H,26,29)(H,27,30)/b25-13+. The minimum absolute atomic E-state index is 0.104. The van der Waals surface area contributed by atoms with E-state index in [1.807, 2.05) is 0 Å². The van der Waals surface area contributed by atoms with E-state index in [-0.39, 0.29) is 17.0 Å². The lowest BCUT2D eigenvalue weighted by molar-refractivity contribution is -0.385. The fraction of sp³-hybridized carbons (Fsp3) is 0.0435. The van der Waals surface area contributed by atoms with Gasteiger partial charge < -0.3 is 10.1 Å². The smallest absolute Gasteiger partial charge is 0.350 e. The number of halogens is 1. The maximum absolute atomic E-state index is 12.3. The molecular formula is C23H17ClN4O6. The number of benzene rings is 3. The number of hydrogen-bond donors (Lipinski definition) is 2. The summed E-state index contributed by atoms with van der Waals surface area (Å²) in [6, 6.07) is 16.3. The summed E-state index contributed by atoms with van der Waals surface area (Å²) in [5, 5.41) is 17.7. The van der Waals surface area contributed by atoms with Gasteiger partial charge in [0, 0.05) is 16.8 Å². The first-order valence-corrected chi connectivity index (χ1v) is 10.1. The zero-order chi connectivity index (χ0) is 24.7. The largest absolute Gasteiger partial charge is 0.423 e. The highest BCUT2D eigenvalue weighted by atomic mass is 35.5. The monoisotopic (exact) mass is 480 g/mol. The number of carbonyl (C=O) groups is 3. The molecule has 0 fully saturated rings. The number of nitrogens with one attached hydrogen (secondary N) is 2. The second-order valence-electron chi connectivity index (χ2n) is 6.85. The van der Waals surface area contributed by atoms with Gasteiger partial charge in [-0.05, 0) is 48.4 Å². The Balaban J connectivity index is 1.60. The van der Waals surface area contributed by atoms with Crippen LogP contribution in [0.1, 0.15) is 21.5 Å². The normalized spacial score (nSPS) is 10.5. The van der Waals surface area contributed by atoms with E-state index in [1.54, 1.807) is 31.2 Å². The average molecular weight is 481 g/mol. The van der Waals surface area contributed by atoms with Crippen molar-refractivity contribution in [2.45, 2.75) is 6.92 Å². The van der Waals surface area contributed by atoms with Gasteiger partial charge in [-0.25, -0.2) is 10.2 Å². The number of hydrazone groups is 1. The van der Waals surface area contributed by atoms with E-state index < -0.39 is 22.7 Å². The average Bonchev–Trinajstić information content (AvgIpc) is 2.81. The highest BCUT2D eigenvalue weighted by molar-refractivity contribution is 6.39. The molecule has 0 unspecified atom stereocenters. The molecule has 0 bridgehead atoms. The number of nitrogens with zero attached hydrogens (tertiary/aromatic N) is 2. The molecule has 172 valence electrons. The van der Waals surface area contributed by atoms with E-state index >= 15 is 0 Å². The van der Waals surface area contributed by atoms with Crippen molar-refractivity contribution in [3.05, 3.63) is 98.6 Å². The Kier molecular flexibility index (Phi) is 7.67. The zero-order valence-electron chi connectivity index (χ0n) is 17.7. The number of nitro benzene ring substituents is 1. The van der Waals surface area contributed by atoms with Crippen molar-refractivity contribution < 1.29 is 24.0 Å². The Morgan fingerprint density at radius 1 is 1.03 bits per heavy atom. The predicted molar refractivity (Wildman–Crippen MR) is 125 cm³/mol. The number of nitro groups is 1. The van der Waals surface area contributed by atoms with E-state index in [0.717, 1.165) is 5.56 Å².